The van der Waals surface area contributed by atoms with Gasteiger partial charge in [-0.25, -0.2) is 8.42 Å². The van der Waals surface area contributed by atoms with Gasteiger partial charge < -0.3 is 5.73 Å². The Balaban J connectivity index is 1.89. The largest absolute Gasteiger partial charge is 0.330 e. The summed E-state index contributed by atoms with van der Waals surface area (Å²) in [5.74, 6) is 0.311. The van der Waals surface area contributed by atoms with E-state index in [0.717, 1.165) is 5.56 Å². The smallest absolute Gasteiger partial charge is 0.243 e. The van der Waals surface area contributed by atoms with E-state index in [4.69, 9.17) is 5.73 Å². The van der Waals surface area contributed by atoms with E-state index in [0.29, 0.717) is 24.5 Å². The quantitative estimate of drug-likeness (QED) is 0.939. The summed E-state index contributed by atoms with van der Waals surface area (Å²) in [6.07, 6.45) is 0. The predicted octanol–water partition coefficient (Wildman–Crippen LogP) is 2.05. The van der Waals surface area contributed by atoms with E-state index in [2.05, 4.69) is 0 Å². The Hall–Kier alpha value is -1.69. The van der Waals surface area contributed by atoms with Crippen molar-refractivity contribution >= 4 is 10.0 Å². The Morgan fingerprint density at radius 1 is 0.955 bits per heavy atom. The maximum atomic E-state index is 12.8. The van der Waals surface area contributed by atoms with E-state index < -0.39 is 10.0 Å². The van der Waals surface area contributed by atoms with Gasteiger partial charge in [0.05, 0.1) is 4.90 Å². The minimum absolute atomic E-state index is 0.154. The molecule has 0 spiro atoms. The number of nitrogens with zero attached hydrogens (tertiary/aromatic N) is 1. The summed E-state index contributed by atoms with van der Waals surface area (Å²) in [6, 6.07) is 18.6. The molecule has 116 valence electrons. The predicted molar refractivity (Wildman–Crippen MR) is 86.9 cm³/mol. The minimum atomic E-state index is -3.44. The molecule has 1 heterocycles. The second-order valence-electron chi connectivity index (χ2n) is 5.65. The Morgan fingerprint density at radius 2 is 1.55 bits per heavy atom. The Morgan fingerprint density at radius 3 is 2.14 bits per heavy atom. The summed E-state index contributed by atoms with van der Waals surface area (Å²) in [4.78, 5) is 0.347. The molecule has 1 aliphatic rings. The third kappa shape index (κ3) is 2.79. The lowest BCUT2D eigenvalue weighted by atomic mass is 9.89. The molecule has 3 rings (SSSR count). The van der Waals surface area contributed by atoms with Gasteiger partial charge in [-0.15, -0.1) is 0 Å². The van der Waals surface area contributed by atoms with E-state index in [-0.39, 0.29) is 11.8 Å². The first kappa shape index (κ1) is 15.2. The highest BCUT2D eigenvalue weighted by molar-refractivity contribution is 7.89. The molecule has 0 aromatic heterocycles. The molecule has 1 aliphatic heterocycles. The molecule has 22 heavy (non-hydrogen) atoms. The third-order valence-corrected chi connectivity index (χ3v) is 6.16. The van der Waals surface area contributed by atoms with Gasteiger partial charge in [0.1, 0.15) is 0 Å². The Labute approximate surface area is 131 Å². The molecule has 4 nitrogen and oxygen atoms in total. The van der Waals surface area contributed by atoms with Gasteiger partial charge in [-0.1, -0.05) is 48.5 Å². The van der Waals surface area contributed by atoms with Crippen LogP contribution in [-0.2, 0) is 10.0 Å². The van der Waals surface area contributed by atoms with Crippen LogP contribution in [0.5, 0.6) is 0 Å². The Kier molecular flexibility index (Phi) is 4.29. The number of hydrogen-bond acceptors (Lipinski definition) is 3. The molecule has 2 atom stereocenters. The molecule has 2 N–H and O–H groups in total. The number of sulfonamides is 1. The first-order valence-corrected chi connectivity index (χ1v) is 8.87. The molecule has 0 bridgehead atoms. The second kappa shape index (κ2) is 6.20. The van der Waals surface area contributed by atoms with Crippen molar-refractivity contribution in [2.45, 2.75) is 10.8 Å². The highest BCUT2D eigenvalue weighted by Crippen LogP contribution is 2.34. The van der Waals surface area contributed by atoms with Crippen LogP contribution in [0.3, 0.4) is 0 Å². The molecule has 2 aromatic carbocycles. The standard InChI is InChI=1S/C17H20N2O2S/c18-11-15-12-19(13-17(15)14-7-3-1-4-8-14)22(20,21)16-9-5-2-6-10-16/h1-10,15,17H,11-13,18H2/t15-,17+/m1/s1. The van der Waals surface area contributed by atoms with Crippen molar-refractivity contribution in [1.29, 1.82) is 0 Å². The monoisotopic (exact) mass is 316 g/mol. The summed E-state index contributed by atoms with van der Waals surface area (Å²) >= 11 is 0. The van der Waals surface area contributed by atoms with Gasteiger partial charge in [-0.3, -0.25) is 0 Å². The van der Waals surface area contributed by atoms with E-state index in [1.54, 1.807) is 28.6 Å². The van der Waals surface area contributed by atoms with E-state index >= 15 is 0 Å². The van der Waals surface area contributed by atoms with Crippen LogP contribution in [0.4, 0.5) is 0 Å². The van der Waals surface area contributed by atoms with E-state index in [9.17, 15) is 8.42 Å². The average Bonchev–Trinajstić information content (AvgIpc) is 3.01. The van der Waals surface area contributed by atoms with Crippen molar-refractivity contribution in [3.05, 3.63) is 66.2 Å². The normalized spacial score (nSPS) is 22.8. The summed E-state index contributed by atoms with van der Waals surface area (Å²) < 4.78 is 27.1. The lowest BCUT2D eigenvalue weighted by molar-refractivity contribution is 0.459. The first-order chi connectivity index (χ1) is 10.6. The molecule has 2 aromatic rings. The van der Waals surface area contributed by atoms with Gasteiger partial charge in [-0.05, 0) is 30.2 Å². The summed E-state index contributed by atoms with van der Waals surface area (Å²) in [6.45, 7) is 1.46. The molecule has 0 aliphatic carbocycles. The fourth-order valence-corrected chi connectivity index (χ4v) is 4.63. The maximum absolute atomic E-state index is 12.8. The van der Waals surface area contributed by atoms with Crippen LogP contribution in [0, 0.1) is 5.92 Å². The van der Waals surface area contributed by atoms with Crippen LogP contribution < -0.4 is 5.73 Å². The molecule has 0 radical (unpaired) electrons. The van der Waals surface area contributed by atoms with Crippen molar-refractivity contribution in [3.8, 4) is 0 Å². The molecule has 0 unspecified atom stereocenters. The van der Waals surface area contributed by atoms with Crippen molar-refractivity contribution < 1.29 is 8.42 Å². The maximum Gasteiger partial charge on any atom is 0.243 e. The fraction of sp³-hybridized carbons (Fsp3) is 0.294. The number of benzene rings is 2. The second-order valence-corrected chi connectivity index (χ2v) is 7.59. The zero-order valence-corrected chi connectivity index (χ0v) is 13.1. The molecule has 1 fully saturated rings. The zero-order chi connectivity index (χ0) is 15.6. The summed E-state index contributed by atoms with van der Waals surface area (Å²) in [7, 11) is -3.44. The molecular formula is C17H20N2O2S. The number of rotatable bonds is 4. The topological polar surface area (TPSA) is 63.4 Å². The molecule has 1 saturated heterocycles. The molecule has 5 heteroatoms. The number of hydrogen-bond donors (Lipinski definition) is 1. The van der Waals surface area contributed by atoms with E-state index in [1.165, 1.54) is 0 Å². The molecular weight excluding hydrogens is 296 g/mol. The van der Waals surface area contributed by atoms with Gasteiger partial charge in [0.2, 0.25) is 10.0 Å². The highest BCUT2D eigenvalue weighted by atomic mass is 32.2. The van der Waals surface area contributed by atoms with Crippen molar-refractivity contribution in [2.75, 3.05) is 19.6 Å². The van der Waals surface area contributed by atoms with Crippen LogP contribution in [-0.4, -0.2) is 32.4 Å². The van der Waals surface area contributed by atoms with Gasteiger partial charge in [0.15, 0.2) is 0 Å². The highest BCUT2D eigenvalue weighted by Gasteiger charge is 2.39. The van der Waals surface area contributed by atoms with Crippen molar-refractivity contribution in [3.63, 3.8) is 0 Å². The summed E-state index contributed by atoms with van der Waals surface area (Å²) in [5, 5.41) is 0. The van der Waals surface area contributed by atoms with Gasteiger partial charge in [0, 0.05) is 19.0 Å². The van der Waals surface area contributed by atoms with Crippen molar-refractivity contribution in [2.24, 2.45) is 11.7 Å². The van der Waals surface area contributed by atoms with E-state index in [1.807, 2.05) is 36.4 Å². The zero-order valence-electron chi connectivity index (χ0n) is 12.3. The SMILES string of the molecule is NC[C@@H]1CN(S(=O)(=O)c2ccccc2)C[C@H]1c1ccccc1. The first-order valence-electron chi connectivity index (χ1n) is 7.43. The number of nitrogens with two attached hydrogens (primary N) is 1. The van der Waals surface area contributed by atoms with Crippen LogP contribution >= 0.6 is 0 Å². The van der Waals surface area contributed by atoms with Gasteiger partial charge in [0.25, 0.3) is 0 Å². The lowest BCUT2D eigenvalue weighted by Gasteiger charge is -2.17. The molecule has 0 saturated carbocycles. The van der Waals surface area contributed by atoms with Crippen molar-refractivity contribution in [1.82, 2.24) is 4.31 Å². The van der Waals surface area contributed by atoms with Crippen LogP contribution in [0.1, 0.15) is 11.5 Å². The average molecular weight is 316 g/mol. The van der Waals surface area contributed by atoms with Gasteiger partial charge in [-0.2, -0.15) is 4.31 Å². The minimum Gasteiger partial charge on any atom is -0.330 e. The Bertz CT molecular complexity index is 717. The van der Waals surface area contributed by atoms with Crippen LogP contribution in [0.15, 0.2) is 65.6 Å². The van der Waals surface area contributed by atoms with Crippen LogP contribution in [0.2, 0.25) is 0 Å². The molecule has 0 amide bonds. The lowest BCUT2D eigenvalue weighted by Crippen LogP contribution is -2.29. The third-order valence-electron chi connectivity index (χ3n) is 4.32. The van der Waals surface area contributed by atoms with Gasteiger partial charge >= 0.3 is 0 Å². The van der Waals surface area contributed by atoms with Crippen LogP contribution in [0.25, 0.3) is 0 Å². The fourth-order valence-electron chi connectivity index (χ4n) is 3.09. The summed E-state index contributed by atoms with van der Waals surface area (Å²) in [5.41, 5.74) is 7.04.